The minimum atomic E-state index is -4.11. The first kappa shape index (κ1) is 15.8. The summed E-state index contributed by atoms with van der Waals surface area (Å²) in [7, 11) is 0. The lowest BCUT2D eigenvalue weighted by Gasteiger charge is -2.33. The number of hydrogen-bond donors (Lipinski definition) is 0. The average molecular weight is 354 g/mol. The molecule has 1 fully saturated rings. The van der Waals surface area contributed by atoms with E-state index in [1.54, 1.807) is 6.07 Å². The zero-order valence-corrected chi connectivity index (χ0v) is 12.7. The van der Waals surface area contributed by atoms with Gasteiger partial charge in [-0.05, 0) is 44.5 Å². The van der Waals surface area contributed by atoms with E-state index in [9.17, 15) is 17.6 Å². The van der Waals surface area contributed by atoms with E-state index in [2.05, 4.69) is 15.9 Å². The second-order valence-corrected chi connectivity index (χ2v) is 6.14. The van der Waals surface area contributed by atoms with Gasteiger partial charge in [-0.2, -0.15) is 13.2 Å². The summed E-state index contributed by atoms with van der Waals surface area (Å²) >= 11 is 3.26. The summed E-state index contributed by atoms with van der Waals surface area (Å²) in [4.78, 5) is 1.88. The van der Waals surface area contributed by atoms with Gasteiger partial charge in [0.05, 0.1) is 5.92 Å². The number of piperidine rings is 1. The number of aryl methyl sites for hydroxylation is 1. The summed E-state index contributed by atoms with van der Waals surface area (Å²) in [5.41, 5.74) is 1.46. The van der Waals surface area contributed by atoms with Crippen molar-refractivity contribution in [3.8, 4) is 0 Å². The molecule has 0 aromatic heterocycles. The van der Waals surface area contributed by atoms with E-state index in [4.69, 9.17) is 0 Å². The van der Waals surface area contributed by atoms with E-state index in [1.807, 2.05) is 11.8 Å². The van der Waals surface area contributed by atoms with Crippen molar-refractivity contribution in [3.05, 3.63) is 33.5 Å². The zero-order chi connectivity index (χ0) is 14.9. The van der Waals surface area contributed by atoms with E-state index in [-0.39, 0.29) is 18.7 Å². The predicted molar refractivity (Wildman–Crippen MR) is 72.9 cm³/mol. The second kappa shape index (κ2) is 6.02. The quantitative estimate of drug-likeness (QED) is 0.698. The highest BCUT2D eigenvalue weighted by Crippen LogP contribution is 2.34. The number of alkyl halides is 3. The number of halogens is 5. The standard InChI is InChI=1S/C14H16BrF4N/c1-9-6-10(13(16)7-12(9)15)8-20-4-2-11(3-5-20)14(17,18)19/h6-7,11H,2-5,8H2,1H3. The van der Waals surface area contributed by atoms with Crippen molar-refractivity contribution in [1.29, 1.82) is 0 Å². The first-order valence-corrected chi connectivity index (χ1v) is 7.30. The van der Waals surface area contributed by atoms with Crippen LogP contribution in [0, 0.1) is 18.7 Å². The molecule has 1 heterocycles. The van der Waals surface area contributed by atoms with Crippen LogP contribution in [0.3, 0.4) is 0 Å². The number of likely N-dealkylation sites (tertiary alicyclic amines) is 1. The van der Waals surface area contributed by atoms with E-state index in [0.717, 1.165) is 5.56 Å². The Morgan fingerprint density at radius 3 is 2.40 bits per heavy atom. The SMILES string of the molecule is Cc1cc(CN2CCC(C(F)(F)F)CC2)c(F)cc1Br. The fourth-order valence-electron chi connectivity index (χ4n) is 2.50. The van der Waals surface area contributed by atoms with Crippen LogP contribution in [0.5, 0.6) is 0 Å². The summed E-state index contributed by atoms with van der Waals surface area (Å²) in [6.45, 7) is 2.95. The molecule has 1 nitrogen and oxygen atoms in total. The van der Waals surface area contributed by atoms with Crippen molar-refractivity contribution in [2.75, 3.05) is 13.1 Å². The molecule has 1 aliphatic rings. The van der Waals surface area contributed by atoms with Crippen LogP contribution in [0.25, 0.3) is 0 Å². The van der Waals surface area contributed by atoms with E-state index >= 15 is 0 Å². The average Bonchev–Trinajstić information content (AvgIpc) is 2.35. The third-order valence-corrected chi connectivity index (χ3v) is 4.63. The summed E-state index contributed by atoms with van der Waals surface area (Å²) in [6.07, 6.45) is -3.91. The van der Waals surface area contributed by atoms with Crippen LogP contribution in [-0.4, -0.2) is 24.2 Å². The maximum absolute atomic E-state index is 13.8. The summed E-state index contributed by atoms with van der Waals surface area (Å²) < 4.78 is 52.2. The van der Waals surface area contributed by atoms with Gasteiger partial charge in [-0.1, -0.05) is 22.0 Å². The van der Waals surface area contributed by atoms with E-state index < -0.39 is 12.1 Å². The van der Waals surface area contributed by atoms with Gasteiger partial charge in [0.1, 0.15) is 5.82 Å². The Hall–Kier alpha value is -0.620. The van der Waals surface area contributed by atoms with E-state index in [0.29, 0.717) is 29.7 Å². The normalized spacial score (nSPS) is 18.5. The minimum Gasteiger partial charge on any atom is -0.299 e. The third kappa shape index (κ3) is 3.73. The number of rotatable bonds is 2. The molecule has 0 radical (unpaired) electrons. The lowest BCUT2D eigenvalue weighted by atomic mass is 9.96. The molecule has 0 bridgehead atoms. The topological polar surface area (TPSA) is 3.24 Å². The Bertz CT molecular complexity index is 479. The van der Waals surface area contributed by atoms with E-state index in [1.165, 1.54) is 6.07 Å². The van der Waals surface area contributed by atoms with Crippen LogP contribution in [0.4, 0.5) is 17.6 Å². The van der Waals surface area contributed by atoms with Gasteiger partial charge in [-0.3, -0.25) is 4.90 Å². The van der Waals surface area contributed by atoms with Gasteiger partial charge in [0.25, 0.3) is 0 Å². The first-order valence-electron chi connectivity index (χ1n) is 6.51. The molecule has 1 saturated heterocycles. The summed E-state index contributed by atoms with van der Waals surface area (Å²) in [6, 6.07) is 3.16. The fraction of sp³-hybridized carbons (Fsp3) is 0.571. The Morgan fingerprint density at radius 1 is 1.25 bits per heavy atom. The summed E-state index contributed by atoms with van der Waals surface area (Å²) in [5, 5.41) is 0. The Labute approximate surface area is 124 Å². The van der Waals surface area contributed by atoms with Crippen molar-refractivity contribution in [3.63, 3.8) is 0 Å². The molecular weight excluding hydrogens is 338 g/mol. The Morgan fingerprint density at radius 2 is 1.85 bits per heavy atom. The monoisotopic (exact) mass is 353 g/mol. The highest BCUT2D eigenvalue weighted by Gasteiger charge is 2.40. The zero-order valence-electron chi connectivity index (χ0n) is 11.1. The molecule has 112 valence electrons. The van der Waals surface area contributed by atoms with Crippen LogP contribution >= 0.6 is 15.9 Å². The number of hydrogen-bond acceptors (Lipinski definition) is 1. The van der Waals surface area contributed by atoms with Gasteiger partial charge < -0.3 is 0 Å². The molecule has 0 N–H and O–H groups in total. The number of benzene rings is 1. The van der Waals surface area contributed by atoms with Gasteiger partial charge in [-0.25, -0.2) is 4.39 Å². The molecule has 0 aliphatic carbocycles. The van der Waals surface area contributed by atoms with Crippen molar-refractivity contribution in [2.24, 2.45) is 5.92 Å². The van der Waals surface area contributed by atoms with Crippen molar-refractivity contribution < 1.29 is 17.6 Å². The molecule has 1 aromatic rings. The van der Waals surface area contributed by atoms with Gasteiger partial charge in [0.2, 0.25) is 0 Å². The molecule has 0 amide bonds. The molecular formula is C14H16BrF4N. The van der Waals surface area contributed by atoms with Crippen molar-refractivity contribution >= 4 is 15.9 Å². The van der Waals surface area contributed by atoms with Crippen LogP contribution < -0.4 is 0 Å². The molecule has 0 spiro atoms. The van der Waals surface area contributed by atoms with Gasteiger partial charge in [0, 0.05) is 16.6 Å². The predicted octanol–water partition coefficient (Wildman–Crippen LogP) is 4.67. The fourth-order valence-corrected chi connectivity index (χ4v) is 2.81. The third-order valence-electron chi connectivity index (χ3n) is 3.77. The molecule has 1 aliphatic heterocycles. The highest BCUT2D eigenvalue weighted by atomic mass is 79.9. The maximum atomic E-state index is 13.8. The molecule has 1 aromatic carbocycles. The van der Waals surface area contributed by atoms with Crippen LogP contribution in [0.1, 0.15) is 24.0 Å². The number of nitrogens with zero attached hydrogens (tertiary/aromatic N) is 1. The molecule has 20 heavy (non-hydrogen) atoms. The molecule has 0 unspecified atom stereocenters. The van der Waals surface area contributed by atoms with Gasteiger partial charge in [0.15, 0.2) is 0 Å². The van der Waals surface area contributed by atoms with Crippen LogP contribution in [0.15, 0.2) is 16.6 Å². The largest absolute Gasteiger partial charge is 0.391 e. The van der Waals surface area contributed by atoms with Crippen molar-refractivity contribution in [1.82, 2.24) is 4.90 Å². The highest BCUT2D eigenvalue weighted by molar-refractivity contribution is 9.10. The lowest BCUT2D eigenvalue weighted by molar-refractivity contribution is -0.185. The van der Waals surface area contributed by atoms with Crippen LogP contribution in [-0.2, 0) is 6.54 Å². The lowest BCUT2D eigenvalue weighted by Crippen LogP contribution is -2.38. The molecule has 0 saturated carbocycles. The minimum absolute atomic E-state index is 0.0978. The van der Waals surface area contributed by atoms with Crippen LogP contribution in [0.2, 0.25) is 0 Å². The molecule has 6 heteroatoms. The Kier molecular flexibility index (Phi) is 4.74. The molecule has 2 rings (SSSR count). The smallest absolute Gasteiger partial charge is 0.299 e. The maximum Gasteiger partial charge on any atom is 0.391 e. The van der Waals surface area contributed by atoms with Gasteiger partial charge in [-0.15, -0.1) is 0 Å². The Balaban J connectivity index is 1.98. The van der Waals surface area contributed by atoms with Gasteiger partial charge >= 0.3 is 6.18 Å². The second-order valence-electron chi connectivity index (χ2n) is 5.28. The first-order chi connectivity index (χ1) is 9.27. The van der Waals surface area contributed by atoms with Crippen molar-refractivity contribution in [2.45, 2.75) is 32.5 Å². The molecule has 0 atom stereocenters. The summed E-state index contributed by atoms with van der Waals surface area (Å²) in [5.74, 6) is -1.53.